The summed E-state index contributed by atoms with van der Waals surface area (Å²) < 4.78 is 0. The first-order valence-corrected chi connectivity index (χ1v) is 4.47. The van der Waals surface area contributed by atoms with E-state index in [1.165, 1.54) is 6.08 Å². The number of amides is 2. The molecule has 4 N–H and O–H groups in total. The first kappa shape index (κ1) is 14.6. The molecule has 17 heavy (non-hydrogen) atoms. The van der Waals surface area contributed by atoms with Gasteiger partial charge < -0.3 is 20.8 Å². The number of nitrogens with zero attached hydrogens (tertiary/aromatic N) is 1. The average molecular weight is 245 g/mol. The molecule has 9 heteroatoms. The molecule has 0 spiro atoms. The molecule has 0 heterocycles. The van der Waals surface area contributed by atoms with Crippen molar-refractivity contribution in [1.29, 1.82) is 0 Å². The molecule has 0 aromatic carbocycles. The summed E-state index contributed by atoms with van der Waals surface area (Å²) in [6.07, 6.45) is 0.598. The SMILES string of the molecule is O=C=NCNC(=O)NCC(CC(=O)O)C(=O)O. The Hall–Kier alpha value is -2.41. The Labute approximate surface area is 95.5 Å². The van der Waals surface area contributed by atoms with Crippen molar-refractivity contribution in [2.24, 2.45) is 10.9 Å². The van der Waals surface area contributed by atoms with E-state index in [-0.39, 0.29) is 13.2 Å². The van der Waals surface area contributed by atoms with Crippen LogP contribution in [-0.2, 0) is 14.4 Å². The van der Waals surface area contributed by atoms with Gasteiger partial charge >= 0.3 is 18.0 Å². The fourth-order valence-electron chi connectivity index (χ4n) is 0.880. The van der Waals surface area contributed by atoms with E-state index in [0.717, 1.165) is 0 Å². The molecule has 0 aliphatic carbocycles. The highest BCUT2D eigenvalue weighted by atomic mass is 16.4. The minimum atomic E-state index is -1.32. The van der Waals surface area contributed by atoms with E-state index in [9.17, 15) is 19.2 Å². The van der Waals surface area contributed by atoms with Gasteiger partial charge in [-0.25, -0.2) is 9.59 Å². The zero-order chi connectivity index (χ0) is 13.3. The lowest BCUT2D eigenvalue weighted by molar-refractivity contribution is -0.148. The highest BCUT2D eigenvalue weighted by molar-refractivity contribution is 5.79. The maximum absolute atomic E-state index is 11.0. The van der Waals surface area contributed by atoms with Crippen LogP contribution in [0.15, 0.2) is 4.99 Å². The molecular weight excluding hydrogens is 234 g/mol. The molecule has 2 amide bonds. The number of nitrogens with one attached hydrogen (secondary N) is 2. The Morgan fingerprint density at radius 2 is 1.88 bits per heavy atom. The number of isocyanates is 1. The molecule has 0 radical (unpaired) electrons. The largest absolute Gasteiger partial charge is 0.481 e. The molecule has 0 aliphatic rings. The van der Waals surface area contributed by atoms with Gasteiger partial charge in [0.15, 0.2) is 0 Å². The van der Waals surface area contributed by atoms with Gasteiger partial charge in [0.05, 0.1) is 12.3 Å². The van der Waals surface area contributed by atoms with Crippen molar-refractivity contribution in [2.45, 2.75) is 6.42 Å². The van der Waals surface area contributed by atoms with E-state index in [2.05, 4.69) is 15.6 Å². The second-order valence-electron chi connectivity index (χ2n) is 2.93. The Balaban J connectivity index is 4.03. The second kappa shape index (κ2) is 7.83. The lowest BCUT2D eigenvalue weighted by atomic mass is 10.1. The summed E-state index contributed by atoms with van der Waals surface area (Å²) >= 11 is 0. The minimum absolute atomic E-state index is 0.286. The van der Waals surface area contributed by atoms with Crippen molar-refractivity contribution in [1.82, 2.24) is 10.6 Å². The molecule has 0 saturated carbocycles. The third-order valence-corrected chi connectivity index (χ3v) is 1.66. The average Bonchev–Trinajstić information content (AvgIpc) is 2.23. The van der Waals surface area contributed by atoms with Crippen LogP contribution >= 0.6 is 0 Å². The van der Waals surface area contributed by atoms with Gasteiger partial charge in [0, 0.05) is 6.54 Å². The number of rotatable bonds is 7. The quantitative estimate of drug-likeness (QED) is 0.326. The number of carbonyl (C=O) groups excluding carboxylic acids is 2. The van der Waals surface area contributed by atoms with Crippen LogP contribution in [0.1, 0.15) is 6.42 Å². The molecule has 94 valence electrons. The molecule has 1 unspecified atom stereocenters. The molecule has 0 rings (SSSR count). The van der Waals surface area contributed by atoms with E-state index in [4.69, 9.17) is 10.2 Å². The van der Waals surface area contributed by atoms with Crippen LogP contribution in [0.25, 0.3) is 0 Å². The minimum Gasteiger partial charge on any atom is -0.481 e. The fraction of sp³-hybridized carbons (Fsp3) is 0.500. The molecule has 0 bridgehead atoms. The highest BCUT2D eigenvalue weighted by Gasteiger charge is 2.21. The molecular formula is C8H11N3O6. The topological polar surface area (TPSA) is 145 Å². The normalized spacial score (nSPS) is 10.8. The number of carboxylic acids is 2. The van der Waals surface area contributed by atoms with Gasteiger partial charge in [-0.2, -0.15) is 4.99 Å². The van der Waals surface area contributed by atoms with Crippen LogP contribution in [0.2, 0.25) is 0 Å². The number of hydrogen-bond acceptors (Lipinski definition) is 5. The summed E-state index contributed by atoms with van der Waals surface area (Å²) in [7, 11) is 0. The summed E-state index contributed by atoms with van der Waals surface area (Å²) in [6.45, 7) is -0.621. The van der Waals surface area contributed by atoms with Crippen LogP contribution in [0.4, 0.5) is 4.79 Å². The lowest BCUT2D eigenvalue weighted by Crippen LogP contribution is -2.40. The Morgan fingerprint density at radius 3 is 2.35 bits per heavy atom. The fourth-order valence-corrected chi connectivity index (χ4v) is 0.880. The van der Waals surface area contributed by atoms with Gasteiger partial charge in [0.25, 0.3) is 0 Å². The molecule has 9 nitrogen and oxygen atoms in total. The van der Waals surface area contributed by atoms with Crippen LogP contribution in [-0.4, -0.2) is 47.5 Å². The number of aliphatic carboxylic acids is 2. The molecule has 0 aromatic heterocycles. The monoisotopic (exact) mass is 245 g/mol. The van der Waals surface area contributed by atoms with Gasteiger partial charge in [0.1, 0.15) is 6.67 Å². The van der Waals surface area contributed by atoms with Crippen LogP contribution < -0.4 is 10.6 Å². The predicted molar refractivity (Wildman–Crippen MR) is 52.9 cm³/mol. The Bertz CT molecular complexity index is 349. The molecule has 0 saturated heterocycles. The number of urea groups is 1. The zero-order valence-electron chi connectivity index (χ0n) is 8.67. The third-order valence-electron chi connectivity index (χ3n) is 1.66. The van der Waals surface area contributed by atoms with Crippen molar-refractivity contribution in [2.75, 3.05) is 13.2 Å². The van der Waals surface area contributed by atoms with Gasteiger partial charge in [0.2, 0.25) is 6.08 Å². The summed E-state index contributed by atoms with van der Waals surface area (Å²) in [5.74, 6) is -3.81. The van der Waals surface area contributed by atoms with Crippen molar-refractivity contribution >= 4 is 24.0 Å². The van der Waals surface area contributed by atoms with Crippen molar-refractivity contribution < 1.29 is 29.4 Å². The smallest absolute Gasteiger partial charge is 0.316 e. The third kappa shape index (κ3) is 7.51. The van der Waals surface area contributed by atoms with Gasteiger partial charge in [-0.15, -0.1) is 0 Å². The van der Waals surface area contributed by atoms with Crippen LogP contribution in [0, 0.1) is 5.92 Å². The van der Waals surface area contributed by atoms with Gasteiger partial charge in [-0.05, 0) is 0 Å². The second-order valence-corrected chi connectivity index (χ2v) is 2.93. The van der Waals surface area contributed by atoms with E-state index in [1.54, 1.807) is 0 Å². The molecule has 0 fully saturated rings. The highest BCUT2D eigenvalue weighted by Crippen LogP contribution is 2.01. The summed E-state index contributed by atoms with van der Waals surface area (Å²) in [6, 6.07) is -0.749. The molecule has 1 atom stereocenters. The predicted octanol–water partition coefficient (Wildman–Crippen LogP) is -1.25. The van der Waals surface area contributed by atoms with Crippen molar-refractivity contribution in [3.8, 4) is 0 Å². The van der Waals surface area contributed by atoms with E-state index in [0.29, 0.717) is 0 Å². The number of carbonyl (C=O) groups is 3. The first-order chi connectivity index (χ1) is 7.97. The lowest BCUT2D eigenvalue weighted by Gasteiger charge is -2.11. The first-order valence-electron chi connectivity index (χ1n) is 4.47. The van der Waals surface area contributed by atoms with E-state index >= 15 is 0 Å². The number of carboxylic acid groups (broad SMARTS) is 2. The van der Waals surface area contributed by atoms with Crippen molar-refractivity contribution in [3.05, 3.63) is 0 Å². The van der Waals surface area contributed by atoms with Crippen molar-refractivity contribution in [3.63, 3.8) is 0 Å². The maximum atomic E-state index is 11.0. The standard InChI is InChI=1S/C8H11N3O6/c12-4-9-3-11-8(17)10-2-5(7(15)16)1-6(13)14/h5H,1-3H2,(H,13,14)(H,15,16)(H2,10,11,17). The van der Waals surface area contributed by atoms with Crippen LogP contribution in [0.5, 0.6) is 0 Å². The maximum Gasteiger partial charge on any atom is 0.316 e. The summed E-state index contributed by atoms with van der Waals surface area (Å²) in [4.78, 5) is 44.6. The van der Waals surface area contributed by atoms with Crippen LogP contribution in [0.3, 0.4) is 0 Å². The van der Waals surface area contributed by atoms with E-state index < -0.39 is 30.3 Å². The summed E-state index contributed by atoms with van der Waals surface area (Å²) in [5, 5.41) is 21.3. The Morgan fingerprint density at radius 1 is 1.24 bits per heavy atom. The zero-order valence-corrected chi connectivity index (χ0v) is 8.67. The van der Waals surface area contributed by atoms with Gasteiger partial charge in [-0.3, -0.25) is 9.59 Å². The molecule has 0 aliphatic heterocycles. The van der Waals surface area contributed by atoms with Gasteiger partial charge in [-0.1, -0.05) is 0 Å². The Kier molecular flexibility index (Phi) is 6.72. The number of aliphatic imine (C=N–C) groups is 1. The van der Waals surface area contributed by atoms with E-state index in [1.807, 2.05) is 0 Å². The summed E-state index contributed by atoms with van der Waals surface area (Å²) in [5.41, 5.74) is 0. The molecule has 0 aromatic rings. The number of hydrogen-bond donors (Lipinski definition) is 4.